The van der Waals surface area contributed by atoms with Crippen LogP contribution in [0.25, 0.3) is 11.4 Å². The van der Waals surface area contributed by atoms with Crippen LogP contribution in [0.5, 0.6) is 0 Å². The Kier molecular flexibility index (Phi) is 5.48. The Bertz CT molecular complexity index is 1180. The summed E-state index contributed by atoms with van der Waals surface area (Å²) < 4.78 is 10.4. The van der Waals surface area contributed by atoms with Gasteiger partial charge in [0.1, 0.15) is 0 Å². The van der Waals surface area contributed by atoms with E-state index >= 15 is 0 Å². The molecule has 6 nitrogen and oxygen atoms in total. The van der Waals surface area contributed by atoms with E-state index in [0.29, 0.717) is 22.5 Å². The average Bonchev–Trinajstić information content (AvgIpc) is 3.27. The molecule has 0 N–H and O–H groups in total. The second-order valence-electron chi connectivity index (χ2n) is 6.68. The van der Waals surface area contributed by atoms with E-state index in [-0.39, 0.29) is 18.3 Å². The molecule has 0 bridgehead atoms. The largest absolute Gasteiger partial charge is 0.452 e. The topological polar surface area (TPSA) is 82.3 Å². The minimum atomic E-state index is -0.538. The molecule has 0 amide bonds. The summed E-state index contributed by atoms with van der Waals surface area (Å²) in [6.07, 6.45) is 0. The van der Waals surface area contributed by atoms with Crippen LogP contribution in [-0.2, 0) is 11.3 Å². The van der Waals surface area contributed by atoms with Gasteiger partial charge in [0.25, 0.3) is 5.89 Å². The molecule has 4 rings (SSSR count). The van der Waals surface area contributed by atoms with Gasteiger partial charge >= 0.3 is 5.97 Å². The van der Waals surface area contributed by atoms with Crippen molar-refractivity contribution in [2.45, 2.75) is 13.5 Å². The van der Waals surface area contributed by atoms with Gasteiger partial charge in [0, 0.05) is 16.7 Å². The number of ether oxygens (including phenoxy) is 1. The summed E-state index contributed by atoms with van der Waals surface area (Å²) >= 11 is 0. The number of ketones is 1. The molecular formula is C24H18N2O4. The van der Waals surface area contributed by atoms with Crippen molar-refractivity contribution >= 4 is 11.8 Å². The summed E-state index contributed by atoms with van der Waals surface area (Å²) in [6.45, 7) is 1.82. The zero-order valence-electron chi connectivity index (χ0n) is 16.2. The summed E-state index contributed by atoms with van der Waals surface area (Å²) in [5, 5.41) is 3.94. The van der Waals surface area contributed by atoms with E-state index in [2.05, 4.69) is 10.1 Å². The molecule has 0 aliphatic carbocycles. The summed E-state index contributed by atoms with van der Waals surface area (Å²) in [5.74, 6) is 0.00914. The molecule has 6 heteroatoms. The van der Waals surface area contributed by atoms with Gasteiger partial charge in [-0.1, -0.05) is 71.9 Å². The monoisotopic (exact) mass is 398 g/mol. The van der Waals surface area contributed by atoms with Gasteiger partial charge in [0.2, 0.25) is 5.82 Å². The summed E-state index contributed by atoms with van der Waals surface area (Å²) in [4.78, 5) is 29.0. The molecule has 4 aromatic rings. The van der Waals surface area contributed by atoms with E-state index in [9.17, 15) is 9.59 Å². The molecule has 1 heterocycles. The molecule has 0 radical (unpaired) electrons. The molecule has 0 spiro atoms. The summed E-state index contributed by atoms with van der Waals surface area (Å²) in [5.41, 5.74) is 3.30. The first-order valence-corrected chi connectivity index (χ1v) is 9.37. The first-order chi connectivity index (χ1) is 14.6. The maximum absolute atomic E-state index is 12.4. The molecule has 148 valence electrons. The van der Waals surface area contributed by atoms with Crippen molar-refractivity contribution < 1.29 is 18.8 Å². The number of hydrogen-bond acceptors (Lipinski definition) is 6. The summed E-state index contributed by atoms with van der Waals surface area (Å²) in [7, 11) is 0. The van der Waals surface area contributed by atoms with Gasteiger partial charge in [-0.2, -0.15) is 4.98 Å². The maximum atomic E-state index is 12.4. The highest BCUT2D eigenvalue weighted by Gasteiger charge is 2.15. The fourth-order valence-electron chi connectivity index (χ4n) is 2.97. The van der Waals surface area contributed by atoms with E-state index < -0.39 is 5.97 Å². The fraction of sp³-hybridized carbons (Fsp3) is 0.0833. The van der Waals surface area contributed by atoms with Crippen molar-refractivity contribution in [3.8, 4) is 11.4 Å². The smallest absolute Gasteiger partial charge is 0.338 e. The number of hydrogen-bond donors (Lipinski definition) is 0. The second kappa shape index (κ2) is 8.53. The number of aromatic nitrogens is 2. The van der Waals surface area contributed by atoms with E-state index in [1.165, 1.54) is 0 Å². The number of carbonyl (C=O) groups excluding carboxylic acids is 2. The van der Waals surface area contributed by atoms with Gasteiger partial charge < -0.3 is 9.26 Å². The van der Waals surface area contributed by atoms with Crippen LogP contribution < -0.4 is 0 Å². The molecule has 0 atom stereocenters. The van der Waals surface area contributed by atoms with Crippen molar-refractivity contribution in [1.29, 1.82) is 0 Å². The number of benzene rings is 3. The Morgan fingerprint density at radius 2 is 1.47 bits per heavy atom. The molecule has 3 aromatic carbocycles. The lowest BCUT2D eigenvalue weighted by Crippen LogP contribution is -2.07. The third kappa shape index (κ3) is 4.17. The van der Waals surface area contributed by atoms with Gasteiger partial charge in [-0.25, -0.2) is 4.79 Å². The van der Waals surface area contributed by atoms with Gasteiger partial charge in [-0.05, 0) is 24.6 Å². The van der Waals surface area contributed by atoms with Crippen LogP contribution in [0.15, 0.2) is 83.4 Å². The van der Waals surface area contributed by atoms with Crippen LogP contribution in [0, 0.1) is 6.92 Å². The number of aryl methyl sites for hydroxylation is 1. The van der Waals surface area contributed by atoms with Crippen molar-refractivity contribution in [1.82, 2.24) is 10.1 Å². The predicted molar refractivity (Wildman–Crippen MR) is 110 cm³/mol. The van der Waals surface area contributed by atoms with Crippen molar-refractivity contribution in [3.63, 3.8) is 0 Å². The first-order valence-electron chi connectivity index (χ1n) is 9.37. The minimum absolute atomic E-state index is 0.106. The zero-order valence-corrected chi connectivity index (χ0v) is 16.2. The quantitative estimate of drug-likeness (QED) is 0.348. The fourth-order valence-corrected chi connectivity index (χ4v) is 2.97. The summed E-state index contributed by atoms with van der Waals surface area (Å²) in [6, 6.07) is 23.0. The number of nitrogens with zero attached hydrogens (tertiary/aromatic N) is 2. The lowest BCUT2D eigenvalue weighted by atomic mass is 10.0. The minimum Gasteiger partial charge on any atom is -0.452 e. The second-order valence-corrected chi connectivity index (χ2v) is 6.68. The highest BCUT2D eigenvalue weighted by Crippen LogP contribution is 2.20. The number of esters is 1. The van der Waals surface area contributed by atoms with Gasteiger partial charge in [-0.15, -0.1) is 0 Å². The molecule has 0 saturated heterocycles. The van der Waals surface area contributed by atoms with Crippen molar-refractivity contribution in [2.75, 3.05) is 0 Å². The number of rotatable bonds is 6. The van der Waals surface area contributed by atoms with Crippen LogP contribution in [0.1, 0.15) is 37.7 Å². The van der Waals surface area contributed by atoms with E-state index in [4.69, 9.17) is 9.26 Å². The Balaban J connectivity index is 1.39. The zero-order chi connectivity index (χ0) is 20.9. The lowest BCUT2D eigenvalue weighted by Gasteiger charge is -2.04. The van der Waals surface area contributed by atoms with Gasteiger partial charge in [0.05, 0.1) is 5.56 Å². The van der Waals surface area contributed by atoms with E-state index in [1.807, 2.05) is 37.3 Å². The van der Waals surface area contributed by atoms with E-state index in [1.54, 1.807) is 48.5 Å². The van der Waals surface area contributed by atoms with Crippen molar-refractivity contribution in [3.05, 3.63) is 107 Å². The maximum Gasteiger partial charge on any atom is 0.338 e. The molecule has 30 heavy (non-hydrogen) atoms. The van der Waals surface area contributed by atoms with Crippen LogP contribution in [0.3, 0.4) is 0 Å². The van der Waals surface area contributed by atoms with Gasteiger partial charge in [0.15, 0.2) is 12.4 Å². The Labute approximate surface area is 173 Å². The Morgan fingerprint density at radius 3 is 2.20 bits per heavy atom. The number of carbonyl (C=O) groups is 2. The highest BCUT2D eigenvalue weighted by atomic mass is 16.6. The van der Waals surface area contributed by atoms with Crippen molar-refractivity contribution in [2.24, 2.45) is 0 Å². The lowest BCUT2D eigenvalue weighted by molar-refractivity contribution is 0.0429. The Morgan fingerprint density at radius 1 is 0.833 bits per heavy atom. The first kappa shape index (κ1) is 19.3. The third-order valence-electron chi connectivity index (χ3n) is 4.60. The molecule has 0 unspecified atom stereocenters. The standard InChI is InChI=1S/C24H18N2O4/c1-16-7-5-6-10-20(16)23-25-21(30-26-23)15-29-24(28)19-13-11-18(12-14-19)22(27)17-8-3-2-4-9-17/h2-14H,15H2,1H3. The van der Waals surface area contributed by atoms with Crippen LogP contribution in [0.2, 0.25) is 0 Å². The van der Waals surface area contributed by atoms with Crippen LogP contribution in [0.4, 0.5) is 0 Å². The highest BCUT2D eigenvalue weighted by molar-refractivity contribution is 6.09. The molecule has 0 saturated carbocycles. The normalized spacial score (nSPS) is 10.6. The van der Waals surface area contributed by atoms with Gasteiger partial charge in [-0.3, -0.25) is 4.79 Å². The Hall–Kier alpha value is -4.06. The van der Waals surface area contributed by atoms with Crippen LogP contribution >= 0.6 is 0 Å². The third-order valence-corrected chi connectivity index (χ3v) is 4.60. The molecular weight excluding hydrogens is 380 g/mol. The van der Waals surface area contributed by atoms with Crippen LogP contribution in [-0.4, -0.2) is 21.9 Å². The molecule has 0 fully saturated rings. The van der Waals surface area contributed by atoms with E-state index in [0.717, 1.165) is 11.1 Å². The molecule has 0 aliphatic rings. The SMILES string of the molecule is Cc1ccccc1-c1noc(COC(=O)c2ccc(C(=O)c3ccccc3)cc2)n1. The molecule has 0 aliphatic heterocycles. The average molecular weight is 398 g/mol. The predicted octanol–water partition coefficient (Wildman–Crippen LogP) is 4.63. The molecule has 1 aromatic heterocycles.